The first kappa shape index (κ1) is 56.5. The predicted octanol–water partition coefficient (Wildman–Crippen LogP) is 12.7. The van der Waals surface area contributed by atoms with Gasteiger partial charge in [-0.1, -0.05) is 117 Å². The van der Waals surface area contributed by atoms with E-state index in [1.165, 1.54) is 116 Å². The van der Waals surface area contributed by atoms with Crippen molar-refractivity contribution in [2.75, 3.05) is 26.4 Å². The largest absolute Gasteiger partial charge is 0.679 e. The molecule has 8 nitrogen and oxygen atoms in total. The Morgan fingerprint density at radius 2 is 0.640 bits per heavy atom. The molecule has 0 atom stereocenters. The van der Waals surface area contributed by atoms with E-state index in [1.807, 2.05) is 27.7 Å². The summed E-state index contributed by atoms with van der Waals surface area (Å²) in [4.78, 5) is 20.4. The van der Waals surface area contributed by atoms with Crippen LogP contribution in [0.5, 0.6) is 0 Å². The van der Waals surface area contributed by atoms with Gasteiger partial charge in [0, 0.05) is 39.3 Å². The molecule has 0 heterocycles. The molecular weight excluding hydrogens is 755 g/mol. The van der Waals surface area contributed by atoms with E-state index in [0.29, 0.717) is 39.3 Å². The summed E-state index contributed by atoms with van der Waals surface area (Å²) in [5.41, 5.74) is 0. The van der Waals surface area contributed by atoms with Crippen LogP contribution in [0.4, 0.5) is 0 Å². The Morgan fingerprint density at radius 3 is 0.860 bits per heavy atom. The Balaban J connectivity index is -0.000000286. The molecule has 0 aliphatic rings. The monoisotopic (exact) mass is 843 g/mol. The van der Waals surface area contributed by atoms with Crippen LogP contribution in [-0.2, 0) is 27.3 Å². The second kappa shape index (κ2) is 50.9. The molecule has 0 bridgehead atoms. The summed E-state index contributed by atoms with van der Waals surface area (Å²) in [7, 11) is -2.80. The molecule has 0 amide bonds. The average Bonchev–Trinajstić information content (AvgIpc) is 3.08. The third kappa shape index (κ3) is 54.6. The molecule has 0 saturated carbocycles. The van der Waals surface area contributed by atoms with Crippen LogP contribution in [0, 0.1) is 0 Å². The quantitative estimate of drug-likeness (QED) is 0.0487. The van der Waals surface area contributed by atoms with Gasteiger partial charge in [-0.25, -0.2) is 0 Å². The maximum Gasteiger partial charge on any atom is 0.679 e. The summed E-state index contributed by atoms with van der Waals surface area (Å²) in [5.74, 6) is -1.32. The van der Waals surface area contributed by atoms with Gasteiger partial charge in [-0.3, -0.25) is 9.59 Å². The average molecular weight is 842 g/mol. The number of carbonyl (C=O) groups is 2. The van der Waals surface area contributed by atoms with E-state index in [4.69, 9.17) is 27.9 Å². The third-order valence-corrected chi connectivity index (χ3v) is 14.3. The Labute approximate surface area is 323 Å². The first-order valence-electron chi connectivity index (χ1n) is 20.9. The molecule has 0 aromatic carbocycles. The Morgan fingerprint density at radius 1 is 0.400 bits per heavy atom. The number of hydrogen-bond donors (Lipinski definition) is 2. The molecule has 2 N–H and O–H groups in total. The zero-order valence-electron chi connectivity index (χ0n) is 34.6. The van der Waals surface area contributed by atoms with E-state index in [2.05, 4.69) is 27.7 Å². The molecular formula is C40H86O8SiSn. The number of unbranched alkanes of at least 4 members (excludes halogenated alkanes) is 18. The van der Waals surface area contributed by atoms with Crippen molar-refractivity contribution in [3.8, 4) is 0 Å². The van der Waals surface area contributed by atoms with Gasteiger partial charge >= 0.3 is 90.5 Å². The maximum atomic E-state index is 10.2. The van der Waals surface area contributed by atoms with E-state index >= 15 is 0 Å². The summed E-state index contributed by atoms with van der Waals surface area (Å²) >= 11 is 0.149. The first-order chi connectivity index (χ1) is 24.2. The molecule has 0 unspecified atom stereocenters. The number of rotatable bonds is 34. The smallest absolute Gasteiger partial charge is 0.351 e. The van der Waals surface area contributed by atoms with Crippen LogP contribution >= 0.6 is 0 Å². The zero-order valence-corrected chi connectivity index (χ0v) is 38.4. The van der Waals surface area contributed by atoms with Crippen LogP contribution in [0.1, 0.15) is 209 Å². The molecule has 0 fully saturated rings. The molecule has 0 aliphatic carbocycles. The van der Waals surface area contributed by atoms with E-state index in [1.54, 1.807) is 8.87 Å². The van der Waals surface area contributed by atoms with Crippen molar-refractivity contribution < 1.29 is 37.5 Å². The molecule has 0 aromatic heterocycles. The molecule has 2 radical (unpaired) electrons. The molecule has 0 rings (SSSR count). The minimum atomic E-state index is -2.80. The van der Waals surface area contributed by atoms with Crippen LogP contribution in [0.15, 0.2) is 0 Å². The van der Waals surface area contributed by atoms with E-state index in [-0.39, 0.29) is 21.1 Å². The van der Waals surface area contributed by atoms with Gasteiger partial charge in [-0.05, 0) is 40.5 Å². The van der Waals surface area contributed by atoms with Crippen LogP contribution < -0.4 is 0 Å². The zero-order chi connectivity index (χ0) is 38.4. The minimum absolute atomic E-state index is 0.149. The van der Waals surface area contributed by atoms with Gasteiger partial charge in [0.2, 0.25) is 0 Å². The summed E-state index contributed by atoms with van der Waals surface area (Å²) < 4.78 is 24.9. The van der Waals surface area contributed by atoms with E-state index < -0.39 is 21.0 Å². The normalized spacial score (nSPS) is 10.7. The van der Waals surface area contributed by atoms with Crippen molar-refractivity contribution in [2.24, 2.45) is 0 Å². The Kier molecular flexibility index (Phi) is 57.6. The minimum Gasteiger partial charge on any atom is -0.351 e. The first-order valence-corrected chi connectivity index (χ1v) is 26.6. The molecule has 50 heavy (non-hydrogen) atoms. The summed E-state index contributed by atoms with van der Waals surface area (Å²) in [5, 5.41) is 16.8. The molecule has 10 heteroatoms. The van der Waals surface area contributed by atoms with Crippen LogP contribution in [-0.4, -0.2) is 78.8 Å². The summed E-state index contributed by atoms with van der Waals surface area (Å²) in [6.45, 7) is 18.8. The Hall–Kier alpha value is -0.204. The number of carboxylic acids is 2. The van der Waals surface area contributed by atoms with Crippen molar-refractivity contribution in [3.63, 3.8) is 0 Å². The SMILES string of the molecule is CCCCCCCCCCCC(=O)O.CCCCCCCCCCCC(=O)O.CCC[CH2][Sn][CH2]CCC.CCO[Si](OCC)(OCC)OCC. The summed E-state index contributed by atoms with van der Waals surface area (Å²) in [6.07, 6.45) is 28.8. The van der Waals surface area contributed by atoms with Gasteiger partial charge in [-0.15, -0.1) is 0 Å². The second-order valence-corrected chi connectivity index (χ2v) is 19.1. The van der Waals surface area contributed by atoms with Gasteiger partial charge in [0.1, 0.15) is 0 Å². The fraction of sp³-hybridized carbons (Fsp3) is 0.950. The number of hydrogen-bond acceptors (Lipinski definition) is 6. The fourth-order valence-electron chi connectivity index (χ4n) is 4.86. The third-order valence-electron chi connectivity index (χ3n) is 7.69. The second-order valence-electron chi connectivity index (χ2n) is 12.6. The molecule has 0 aliphatic heterocycles. The van der Waals surface area contributed by atoms with Crippen LogP contribution in [0.25, 0.3) is 0 Å². The Bertz CT molecular complexity index is 575. The van der Waals surface area contributed by atoms with Gasteiger partial charge in [0.05, 0.1) is 0 Å². The number of carboxylic acid groups (broad SMARTS) is 2. The van der Waals surface area contributed by atoms with Gasteiger partial charge in [0.25, 0.3) is 0 Å². The van der Waals surface area contributed by atoms with Gasteiger partial charge < -0.3 is 27.9 Å². The molecule has 0 saturated heterocycles. The molecule has 302 valence electrons. The van der Waals surface area contributed by atoms with Crippen molar-refractivity contribution in [2.45, 2.75) is 218 Å². The fourth-order valence-corrected chi connectivity index (χ4v) is 10.9. The topological polar surface area (TPSA) is 112 Å². The summed E-state index contributed by atoms with van der Waals surface area (Å²) in [6, 6.07) is 0. The molecule has 0 aromatic rings. The van der Waals surface area contributed by atoms with Gasteiger partial charge in [-0.2, -0.15) is 0 Å². The van der Waals surface area contributed by atoms with Gasteiger partial charge in [0.15, 0.2) is 0 Å². The van der Waals surface area contributed by atoms with Crippen molar-refractivity contribution in [1.29, 1.82) is 0 Å². The number of aliphatic carboxylic acids is 2. The van der Waals surface area contributed by atoms with E-state index in [9.17, 15) is 9.59 Å². The van der Waals surface area contributed by atoms with Crippen molar-refractivity contribution >= 4 is 42.1 Å². The molecule has 0 spiro atoms. The van der Waals surface area contributed by atoms with Crippen LogP contribution in [0.2, 0.25) is 8.87 Å². The van der Waals surface area contributed by atoms with Crippen LogP contribution in [0.3, 0.4) is 0 Å². The standard InChI is InChI=1S/2C12H24O2.C8H20O4Si.2C4H9.Sn/c2*1-2-3-4-5-6-7-8-9-10-11-12(13)14;1-5-9-13(10-6-2,11-7-3)12-8-4;2*1-3-4-2;/h2*2-11H2,1H3,(H,13,14);5-8H2,1-4H3;2*1,3-4H2,2H3;. The van der Waals surface area contributed by atoms with Crippen molar-refractivity contribution in [1.82, 2.24) is 0 Å². The maximum absolute atomic E-state index is 10.2. The van der Waals surface area contributed by atoms with Crippen molar-refractivity contribution in [3.05, 3.63) is 0 Å². The van der Waals surface area contributed by atoms with E-state index in [0.717, 1.165) is 25.7 Å². The predicted molar refractivity (Wildman–Crippen MR) is 216 cm³/mol.